The molecule has 29 heavy (non-hydrogen) atoms. The van der Waals surface area contributed by atoms with Crippen molar-refractivity contribution in [2.75, 3.05) is 11.5 Å². The Morgan fingerprint density at radius 3 is 2.48 bits per heavy atom. The lowest BCUT2D eigenvalue weighted by atomic mass is 10.1. The number of rotatable bonds is 6. The van der Waals surface area contributed by atoms with Crippen molar-refractivity contribution in [2.45, 2.75) is 20.0 Å². The molecule has 4 aromatic rings. The minimum Gasteiger partial charge on any atom is -0.473 e. The number of ether oxygens (including phenoxy) is 1. The van der Waals surface area contributed by atoms with E-state index in [4.69, 9.17) is 20.7 Å². The van der Waals surface area contributed by atoms with E-state index in [1.165, 1.54) is 0 Å². The molecular formula is C22H21N5O2. The predicted molar refractivity (Wildman–Crippen MR) is 111 cm³/mol. The maximum atomic E-state index is 5.92. The smallest absolute Gasteiger partial charge is 0.213 e. The molecular weight excluding hydrogens is 366 g/mol. The molecule has 7 heteroatoms. The summed E-state index contributed by atoms with van der Waals surface area (Å²) < 4.78 is 11.2. The molecule has 0 bridgehead atoms. The van der Waals surface area contributed by atoms with Crippen molar-refractivity contribution >= 4 is 11.6 Å². The first-order chi connectivity index (χ1) is 14.1. The monoisotopic (exact) mass is 387 g/mol. The topological polar surface area (TPSA) is 113 Å². The van der Waals surface area contributed by atoms with Gasteiger partial charge in [-0.1, -0.05) is 35.5 Å². The Bertz CT molecular complexity index is 1120. The van der Waals surface area contributed by atoms with Crippen LogP contribution in [0.5, 0.6) is 5.88 Å². The molecule has 3 heterocycles. The van der Waals surface area contributed by atoms with Crippen LogP contribution in [0.15, 0.2) is 65.2 Å². The fourth-order valence-electron chi connectivity index (χ4n) is 2.94. The largest absolute Gasteiger partial charge is 0.473 e. The average molecular weight is 387 g/mol. The second-order valence-electron chi connectivity index (χ2n) is 6.75. The van der Waals surface area contributed by atoms with Gasteiger partial charge in [0.2, 0.25) is 5.88 Å². The molecule has 0 spiro atoms. The summed E-state index contributed by atoms with van der Waals surface area (Å²) in [6.07, 6.45) is 0.645. The van der Waals surface area contributed by atoms with Crippen LogP contribution in [0.2, 0.25) is 0 Å². The van der Waals surface area contributed by atoms with Gasteiger partial charge in [-0.25, -0.2) is 9.97 Å². The summed E-state index contributed by atoms with van der Waals surface area (Å²) in [5.74, 6) is 1.88. The molecule has 1 aromatic carbocycles. The summed E-state index contributed by atoms with van der Waals surface area (Å²) in [5.41, 5.74) is 16.2. The van der Waals surface area contributed by atoms with Crippen molar-refractivity contribution in [3.8, 4) is 17.2 Å². The summed E-state index contributed by atoms with van der Waals surface area (Å²) in [6.45, 7) is 2.41. The third-order valence-corrected chi connectivity index (χ3v) is 4.43. The molecule has 0 aliphatic carbocycles. The average Bonchev–Trinajstić information content (AvgIpc) is 3.16. The highest BCUT2D eigenvalue weighted by Crippen LogP contribution is 2.26. The maximum Gasteiger partial charge on any atom is 0.213 e. The molecule has 146 valence electrons. The summed E-state index contributed by atoms with van der Waals surface area (Å²) in [5, 5.41) is 4.14. The van der Waals surface area contributed by atoms with Crippen molar-refractivity contribution in [1.82, 2.24) is 15.1 Å². The van der Waals surface area contributed by atoms with Gasteiger partial charge < -0.3 is 20.7 Å². The third kappa shape index (κ3) is 4.52. The Balaban J connectivity index is 1.39. The molecule has 0 saturated carbocycles. The molecule has 0 atom stereocenters. The maximum absolute atomic E-state index is 5.92. The summed E-state index contributed by atoms with van der Waals surface area (Å²) >= 11 is 0. The van der Waals surface area contributed by atoms with Gasteiger partial charge in [0.25, 0.3) is 0 Å². The standard InChI is InChI=1S/C22H21N5O2/c1-14-3-2-4-21(25-14)28-13-16-7-5-15(6-8-16)11-17-12-19(29-27-17)18-9-10-20(23)26-22(18)24/h2-10,12H,11,13H2,1H3,(H4,23,24,26). The predicted octanol–water partition coefficient (Wildman–Crippen LogP) is 3.77. The number of nitrogens with zero attached hydrogens (tertiary/aromatic N) is 3. The molecule has 4 rings (SSSR count). The van der Waals surface area contributed by atoms with Crippen LogP contribution < -0.4 is 16.2 Å². The minimum atomic E-state index is 0.320. The molecule has 4 N–H and O–H groups in total. The molecule has 0 aliphatic rings. The number of nitrogens with two attached hydrogens (primary N) is 2. The zero-order valence-electron chi connectivity index (χ0n) is 16.0. The third-order valence-electron chi connectivity index (χ3n) is 4.43. The van der Waals surface area contributed by atoms with E-state index >= 15 is 0 Å². The Kier molecular flexibility index (Phi) is 5.11. The van der Waals surface area contributed by atoms with Crippen molar-refractivity contribution in [2.24, 2.45) is 0 Å². The second kappa shape index (κ2) is 8.02. The Labute approximate surface area is 168 Å². The van der Waals surface area contributed by atoms with Crippen molar-refractivity contribution < 1.29 is 9.26 Å². The first-order valence-corrected chi connectivity index (χ1v) is 9.19. The van der Waals surface area contributed by atoms with Crippen LogP contribution in [0.1, 0.15) is 22.5 Å². The first-order valence-electron chi connectivity index (χ1n) is 9.19. The zero-order chi connectivity index (χ0) is 20.2. The SMILES string of the molecule is Cc1cccc(OCc2ccc(Cc3cc(-c4ccc(N)nc4N)on3)cc2)n1. The number of hydrogen-bond acceptors (Lipinski definition) is 7. The van der Waals surface area contributed by atoms with Gasteiger partial charge in [0.15, 0.2) is 5.76 Å². The molecule has 0 fully saturated rings. The van der Waals surface area contributed by atoms with Gasteiger partial charge in [0.1, 0.15) is 18.2 Å². The Hall–Kier alpha value is -3.87. The van der Waals surface area contributed by atoms with Crippen LogP contribution in [0.25, 0.3) is 11.3 Å². The molecule has 3 aromatic heterocycles. The fraction of sp³-hybridized carbons (Fsp3) is 0.136. The van der Waals surface area contributed by atoms with E-state index in [-0.39, 0.29) is 0 Å². The van der Waals surface area contributed by atoms with Crippen LogP contribution >= 0.6 is 0 Å². The van der Waals surface area contributed by atoms with Gasteiger partial charge in [-0.3, -0.25) is 0 Å². The van der Waals surface area contributed by atoms with E-state index < -0.39 is 0 Å². The van der Waals surface area contributed by atoms with Crippen molar-refractivity contribution in [3.05, 3.63) is 83.2 Å². The number of pyridine rings is 2. The number of aryl methyl sites for hydroxylation is 1. The lowest BCUT2D eigenvalue weighted by molar-refractivity contribution is 0.293. The lowest BCUT2D eigenvalue weighted by Gasteiger charge is -2.06. The van der Waals surface area contributed by atoms with E-state index in [2.05, 4.69) is 27.3 Å². The van der Waals surface area contributed by atoms with Gasteiger partial charge in [-0.15, -0.1) is 0 Å². The van der Waals surface area contributed by atoms with Crippen molar-refractivity contribution in [3.63, 3.8) is 0 Å². The van der Waals surface area contributed by atoms with Gasteiger partial charge in [0, 0.05) is 24.2 Å². The van der Waals surface area contributed by atoms with Crippen LogP contribution in [-0.2, 0) is 13.0 Å². The molecule has 0 saturated heterocycles. The molecule has 0 aliphatic heterocycles. The van der Waals surface area contributed by atoms with Crippen LogP contribution in [0.3, 0.4) is 0 Å². The quantitative estimate of drug-likeness (QED) is 0.517. The summed E-state index contributed by atoms with van der Waals surface area (Å²) in [6, 6.07) is 19.2. The van der Waals surface area contributed by atoms with Gasteiger partial charge >= 0.3 is 0 Å². The van der Waals surface area contributed by atoms with E-state index in [1.807, 2.05) is 43.3 Å². The van der Waals surface area contributed by atoms with Crippen molar-refractivity contribution in [1.29, 1.82) is 0 Å². The number of aromatic nitrogens is 3. The number of hydrogen-bond donors (Lipinski definition) is 2. The summed E-state index contributed by atoms with van der Waals surface area (Å²) in [4.78, 5) is 8.39. The highest BCUT2D eigenvalue weighted by atomic mass is 16.5. The highest BCUT2D eigenvalue weighted by molar-refractivity contribution is 5.71. The number of benzene rings is 1. The Morgan fingerprint density at radius 2 is 1.72 bits per heavy atom. The van der Waals surface area contributed by atoms with Gasteiger partial charge in [-0.05, 0) is 36.2 Å². The molecule has 0 amide bonds. The second-order valence-corrected chi connectivity index (χ2v) is 6.75. The van der Waals surface area contributed by atoms with Crippen LogP contribution in [0, 0.1) is 6.92 Å². The van der Waals surface area contributed by atoms with E-state index in [0.717, 1.165) is 22.5 Å². The number of anilines is 2. The molecule has 7 nitrogen and oxygen atoms in total. The van der Waals surface area contributed by atoms with Crippen LogP contribution in [0.4, 0.5) is 11.6 Å². The first kappa shape index (κ1) is 18.5. The summed E-state index contributed by atoms with van der Waals surface area (Å²) in [7, 11) is 0. The van der Waals surface area contributed by atoms with E-state index in [9.17, 15) is 0 Å². The number of nitrogen functional groups attached to an aromatic ring is 2. The Morgan fingerprint density at radius 1 is 0.931 bits per heavy atom. The fourth-order valence-corrected chi connectivity index (χ4v) is 2.94. The lowest BCUT2D eigenvalue weighted by Crippen LogP contribution is -1.98. The van der Waals surface area contributed by atoms with Gasteiger partial charge in [0.05, 0.1) is 11.3 Å². The molecule has 0 radical (unpaired) electrons. The van der Waals surface area contributed by atoms with Crippen LogP contribution in [-0.4, -0.2) is 15.1 Å². The van der Waals surface area contributed by atoms with Gasteiger partial charge in [-0.2, -0.15) is 0 Å². The normalized spacial score (nSPS) is 10.8. The van der Waals surface area contributed by atoms with E-state index in [1.54, 1.807) is 12.1 Å². The molecule has 0 unspecified atom stereocenters. The van der Waals surface area contributed by atoms with E-state index in [0.29, 0.717) is 41.9 Å². The zero-order valence-corrected chi connectivity index (χ0v) is 16.0. The highest BCUT2D eigenvalue weighted by Gasteiger charge is 2.11. The minimum absolute atomic E-state index is 0.320.